The molecule has 6 nitrogen and oxygen atoms in total. The van der Waals surface area contributed by atoms with E-state index in [-0.39, 0.29) is 0 Å². The fourth-order valence-corrected chi connectivity index (χ4v) is 2.07. The van der Waals surface area contributed by atoms with E-state index in [1.165, 1.54) is 0 Å². The van der Waals surface area contributed by atoms with Gasteiger partial charge in [0.2, 0.25) is 5.95 Å². The van der Waals surface area contributed by atoms with Gasteiger partial charge in [-0.3, -0.25) is 0 Å². The Bertz CT molecular complexity index is 545. The molecule has 0 amide bonds. The number of anilines is 2. The lowest BCUT2D eigenvalue weighted by Gasteiger charge is -2.29. The fraction of sp³-hybridized carbons (Fsp3) is 0.615. The lowest BCUT2D eigenvalue weighted by Crippen LogP contribution is -2.35. The molecule has 0 radical (unpaired) electrons. The van der Waals surface area contributed by atoms with Gasteiger partial charge in [-0.25, -0.2) is 4.98 Å². The Morgan fingerprint density at radius 3 is 2.58 bits per heavy atom. The minimum absolute atomic E-state index is 0.369. The molecule has 0 saturated carbocycles. The maximum Gasteiger partial charge on any atom is 0.226 e. The van der Waals surface area contributed by atoms with Crippen LogP contribution in [-0.2, 0) is 0 Å². The van der Waals surface area contributed by atoms with Crippen molar-refractivity contribution in [3.05, 3.63) is 6.33 Å². The predicted molar refractivity (Wildman–Crippen MR) is 78.6 cm³/mol. The minimum Gasteiger partial charge on any atom is -0.357 e. The molecule has 0 aliphatic carbocycles. The van der Waals surface area contributed by atoms with E-state index < -0.39 is 0 Å². The van der Waals surface area contributed by atoms with Crippen LogP contribution in [0.2, 0.25) is 0 Å². The molecule has 19 heavy (non-hydrogen) atoms. The van der Waals surface area contributed by atoms with Crippen LogP contribution in [-0.4, -0.2) is 39.6 Å². The van der Waals surface area contributed by atoms with Crippen LogP contribution in [0.25, 0.3) is 11.2 Å². The van der Waals surface area contributed by atoms with E-state index >= 15 is 0 Å². The molecule has 0 aliphatic rings. The van der Waals surface area contributed by atoms with Gasteiger partial charge in [-0.1, -0.05) is 13.8 Å². The van der Waals surface area contributed by atoms with Crippen molar-refractivity contribution in [3.63, 3.8) is 0 Å². The Morgan fingerprint density at radius 1 is 1.26 bits per heavy atom. The van der Waals surface area contributed by atoms with Crippen molar-refractivity contribution < 1.29 is 0 Å². The second-order valence-corrected chi connectivity index (χ2v) is 5.36. The average molecular weight is 262 g/mol. The first-order valence-corrected chi connectivity index (χ1v) is 6.68. The average Bonchev–Trinajstić information content (AvgIpc) is 2.82. The van der Waals surface area contributed by atoms with E-state index in [1.54, 1.807) is 6.33 Å². The molecule has 2 heterocycles. The molecule has 2 aromatic heterocycles. The first-order valence-electron chi connectivity index (χ1n) is 6.68. The van der Waals surface area contributed by atoms with Crippen molar-refractivity contribution in [2.24, 2.45) is 5.92 Å². The van der Waals surface area contributed by atoms with Crippen LogP contribution in [0.1, 0.15) is 27.7 Å². The van der Waals surface area contributed by atoms with Crippen LogP contribution in [0, 0.1) is 5.92 Å². The zero-order valence-corrected chi connectivity index (χ0v) is 12.2. The molecule has 0 atom stereocenters. The summed E-state index contributed by atoms with van der Waals surface area (Å²) in [5, 5.41) is 2.99. The van der Waals surface area contributed by atoms with E-state index in [0.717, 1.165) is 17.9 Å². The van der Waals surface area contributed by atoms with Crippen molar-refractivity contribution in [3.8, 4) is 0 Å². The molecule has 104 valence electrons. The third kappa shape index (κ3) is 2.77. The highest BCUT2D eigenvalue weighted by Crippen LogP contribution is 2.25. The maximum atomic E-state index is 4.60. The summed E-state index contributed by atoms with van der Waals surface area (Å²) < 4.78 is 0. The fourth-order valence-electron chi connectivity index (χ4n) is 2.07. The highest BCUT2D eigenvalue weighted by molar-refractivity contribution is 5.84. The zero-order valence-electron chi connectivity index (χ0n) is 12.2. The number of nitrogens with one attached hydrogen (secondary N) is 2. The van der Waals surface area contributed by atoms with Crippen LogP contribution in [0.4, 0.5) is 11.8 Å². The zero-order chi connectivity index (χ0) is 14.0. The Morgan fingerprint density at radius 2 is 2.00 bits per heavy atom. The van der Waals surface area contributed by atoms with Crippen LogP contribution < -0.4 is 10.2 Å². The van der Waals surface area contributed by atoms with Crippen molar-refractivity contribution in [1.29, 1.82) is 0 Å². The Labute approximate surface area is 113 Å². The number of aromatic nitrogens is 4. The van der Waals surface area contributed by atoms with Crippen LogP contribution in [0.5, 0.6) is 0 Å². The van der Waals surface area contributed by atoms with Crippen molar-refractivity contribution in [1.82, 2.24) is 19.9 Å². The first kappa shape index (κ1) is 13.6. The quantitative estimate of drug-likeness (QED) is 0.865. The molecule has 2 rings (SSSR count). The molecule has 0 fully saturated rings. The highest BCUT2D eigenvalue weighted by Gasteiger charge is 2.19. The van der Waals surface area contributed by atoms with E-state index in [2.05, 4.69) is 57.8 Å². The van der Waals surface area contributed by atoms with Gasteiger partial charge in [0.15, 0.2) is 11.5 Å². The lowest BCUT2D eigenvalue weighted by atomic mass is 10.2. The summed E-state index contributed by atoms with van der Waals surface area (Å²) in [6, 6.07) is 0.369. The predicted octanol–water partition coefficient (Wildman–Crippen LogP) is 2.27. The topological polar surface area (TPSA) is 69.7 Å². The van der Waals surface area contributed by atoms with Gasteiger partial charge in [-0.05, 0) is 19.8 Å². The summed E-state index contributed by atoms with van der Waals surface area (Å²) in [5.74, 6) is 2.08. The summed E-state index contributed by atoms with van der Waals surface area (Å²) in [4.78, 5) is 18.6. The SMILES string of the molecule is CNc1nc(N(CC(C)C)C(C)C)c2[nH]cnc2n1. The second kappa shape index (κ2) is 5.42. The van der Waals surface area contributed by atoms with Gasteiger partial charge in [0.25, 0.3) is 0 Å². The first-order chi connectivity index (χ1) is 9.02. The van der Waals surface area contributed by atoms with Gasteiger partial charge in [-0.15, -0.1) is 0 Å². The Hall–Kier alpha value is -1.85. The van der Waals surface area contributed by atoms with Gasteiger partial charge in [0.1, 0.15) is 5.52 Å². The monoisotopic (exact) mass is 262 g/mol. The number of rotatable bonds is 5. The van der Waals surface area contributed by atoms with Crippen LogP contribution in [0.15, 0.2) is 6.33 Å². The standard InChI is InChI=1S/C13H22N6/c1-8(2)6-19(9(3)4)12-10-11(16-7-15-10)17-13(14-5)18-12/h7-9H,6H2,1-5H3,(H2,14,15,16,17,18). The lowest BCUT2D eigenvalue weighted by molar-refractivity contribution is 0.567. The van der Waals surface area contributed by atoms with E-state index in [1.807, 2.05) is 7.05 Å². The normalized spacial score (nSPS) is 11.5. The van der Waals surface area contributed by atoms with E-state index in [0.29, 0.717) is 23.6 Å². The molecule has 0 aliphatic heterocycles. The molecule has 6 heteroatoms. The third-order valence-corrected chi connectivity index (χ3v) is 2.95. The molecule has 0 unspecified atom stereocenters. The number of hydrogen-bond acceptors (Lipinski definition) is 5. The molecule has 2 N–H and O–H groups in total. The number of H-pyrrole nitrogens is 1. The number of fused-ring (bicyclic) bond motifs is 1. The van der Waals surface area contributed by atoms with E-state index in [4.69, 9.17) is 0 Å². The molecule has 2 aromatic rings. The van der Waals surface area contributed by atoms with Crippen molar-refractivity contribution in [2.75, 3.05) is 23.8 Å². The molecule has 0 spiro atoms. The second-order valence-electron chi connectivity index (χ2n) is 5.36. The summed E-state index contributed by atoms with van der Waals surface area (Å²) in [6.07, 6.45) is 1.66. The third-order valence-electron chi connectivity index (χ3n) is 2.95. The molecular formula is C13H22N6. The molecule has 0 saturated heterocycles. The number of imidazole rings is 1. The molecular weight excluding hydrogens is 240 g/mol. The molecule has 0 aromatic carbocycles. The number of nitrogens with zero attached hydrogens (tertiary/aromatic N) is 4. The summed E-state index contributed by atoms with van der Waals surface area (Å²) in [7, 11) is 1.82. The summed E-state index contributed by atoms with van der Waals surface area (Å²) in [6.45, 7) is 9.71. The largest absolute Gasteiger partial charge is 0.357 e. The highest BCUT2D eigenvalue weighted by atomic mass is 15.3. The maximum absolute atomic E-state index is 4.60. The minimum atomic E-state index is 0.369. The van der Waals surface area contributed by atoms with Gasteiger partial charge in [-0.2, -0.15) is 9.97 Å². The van der Waals surface area contributed by atoms with Gasteiger partial charge < -0.3 is 15.2 Å². The van der Waals surface area contributed by atoms with Crippen LogP contribution in [0.3, 0.4) is 0 Å². The van der Waals surface area contributed by atoms with Gasteiger partial charge in [0.05, 0.1) is 6.33 Å². The Kier molecular flexibility index (Phi) is 3.87. The van der Waals surface area contributed by atoms with Gasteiger partial charge in [0, 0.05) is 19.6 Å². The van der Waals surface area contributed by atoms with E-state index in [9.17, 15) is 0 Å². The Balaban J connectivity index is 2.53. The van der Waals surface area contributed by atoms with Crippen molar-refractivity contribution >= 4 is 22.9 Å². The van der Waals surface area contributed by atoms with Crippen molar-refractivity contribution in [2.45, 2.75) is 33.7 Å². The summed E-state index contributed by atoms with van der Waals surface area (Å²) in [5.41, 5.74) is 1.59. The number of hydrogen-bond donors (Lipinski definition) is 2. The number of aromatic amines is 1. The molecule has 0 bridgehead atoms. The smallest absolute Gasteiger partial charge is 0.226 e. The summed E-state index contributed by atoms with van der Waals surface area (Å²) >= 11 is 0. The van der Waals surface area contributed by atoms with Gasteiger partial charge >= 0.3 is 0 Å². The van der Waals surface area contributed by atoms with Crippen LogP contribution >= 0.6 is 0 Å².